The van der Waals surface area contributed by atoms with E-state index in [0.717, 1.165) is 5.56 Å². The molecule has 1 aromatic rings. The molecule has 0 aromatic heterocycles. The number of fused-ring (bicyclic) bond motifs is 1. The molecule has 1 N–H and O–H groups in total. The van der Waals surface area contributed by atoms with Crippen molar-refractivity contribution >= 4 is 33.2 Å². The first-order chi connectivity index (χ1) is 7.49. The SMILES string of the molecule is CC1Cc2cc(Br)cc([N+](=O)[O-])c2NC1=O. The Morgan fingerprint density at radius 3 is 2.88 bits per heavy atom. The van der Waals surface area contributed by atoms with Crippen molar-refractivity contribution in [2.24, 2.45) is 5.92 Å². The summed E-state index contributed by atoms with van der Waals surface area (Å²) in [5.74, 6) is -0.320. The first-order valence-corrected chi connectivity index (χ1v) is 5.56. The molecule has 6 heteroatoms. The zero-order chi connectivity index (χ0) is 11.9. The van der Waals surface area contributed by atoms with Crippen LogP contribution in [0.3, 0.4) is 0 Å². The van der Waals surface area contributed by atoms with Gasteiger partial charge in [0.25, 0.3) is 5.69 Å². The largest absolute Gasteiger partial charge is 0.320 e. The summed E-state index contributed by atoms with van der Waals surface area (Å²) in [5, 5.41) is 13.4. The standard InChI is InChI=1S/C10H9BrN2O3/c1-5-2-6-3-7(11)4-8(13(15)16)9(6)12-10(5)14/h3-5H,2H2,1H3,(H,12,14). The van der Waals surface area contributed by atoms with Gasteiger partial charge in [-0.1, -0.05) is 22.9 Å². The van der Waals surface area contributed by atoms with Crippen molar-refractivity contribution in [1.29, 1.82) is 0 Å². The summed E-state index contributed by atoms with van der Waals surface area (Å²) in [6, 6.07) is 3.20. The van der Waals surface area contributed by atoms with E-state index in [0.29, 0.717) is 16.6 Å². The Labute approximate surface area is 100 Å². The Balaban J connectivity index is 2.59. The Morgan fingerprint density at radius 1 is 1.56 bits per heavy atom. The molecule has 1 aliphatic heterocycles. The molecular weight excluding hydrogens is 276 g/mol. The fourth-order valence-corrected chi connectivity index (χ4v) is 2.26. The molecule has 84 valence electrons. The normalized spacial score (nSPS) is 18.9. The fraction of sp³-hybridized carbons (Fsp3) is 0.300. The number of rotatable bonds is 1. The monoisotopic (exact) mass is 284 g/mol. The average Bonchev–Trinajstić information content (AvgIpc) is 2.19. The van der Waals surface area contributed by atoms with E-state index in [1.807, 2.05) is 0 Å². The van der Waals surface area contributed by atoms with Crippen molar-refractivity contribution in [3.8, 4) is 0 Å². The summed E-state index contributed by atoms with van der Waals surface area (Å²) in [6.07, 6.45) is 0.529. The molecule has 0 saturated carbocycles. The van der Waals surface area contributed by atoms with Gasteiger partial charge in [0, 0.05) is 16.5 Å². The summed E-state index contributed by atoms with van der Waals surface area (Å²) >= 11 is 3.23. The van der Waals surface area contributed by atoms with Crippen molar-refractivity contribution < 1.29 is 9.72 Å². The molecule has 1 aromatic carbocycles. The van der Waals surface area contributed by atoms with Gasteiger partial charge in [-0.25, -0.2) is 0 Å². The van der Waals surface area contributed by atoms with E-state index in [9.17, 15) is 14.9 Å². The van der Waals surface area contributed by atoms with Crippen LogP contribution >= 0.6 is 15.9 Å². The van der Waals surface area contributed by atoms with Gasteiger partial charge in [-0.15, -0.1) is 0 Å². The molecule has 0 spiro atoms. The van der Waals surface area contributed by atoms with Crippen molar-refractivity contribution in [2.45, 2.75) is 13.3 Å². The maximum absolute atomic E-state index is 11.5. The third kappa shape index (κ3) is 1.80. The lowest BCUT2D eigenvalue weighted by atomic mass is 9.94. The zero-order valence-electron chi connectivity index (χ0n) is 8.49. The number of carbonyl (C=O) groups is 1. The molecule has 0 radical (unpaired) electrons. The highest BCUT2D eigenvalue weighted by Gasteiger charge is 2.28. The van der Waals surface area contributed by atoms with Crippen molar-refractivity contribution in [3.63, 3.8) is 0 Å². The lowest BCUT2D eigenvalue weighted by molar-refractivity contribution is -0.384. The number of nitro benzene ring substituents is 1. The predicted molar refractivity (Wildman–Crippen MR) is 62.3 cm³/mol. The average molecular weight is 285 g/mol. The number of anilines is 1. The van der Waals surface area contributed by atoms with Gasteiger partial charge in [-0.05, 0) is 18.1 Å². The highest BCUT2D eigenvalue weighted by atomic mass is 79.9. The molecule has 0 aliphatic carbocycles. The molecule has 1 unspecified atom stereocenters. The van der Waals surface area contributed by atoms with Gasteiger partial charge >= 0.3 is 0 Å². The summed E-state index contributed by atoms with van der Waals surface area (Å²) in [7, 11) is 0. The van der Waals surface area contributed by atoms with Crippen LogP contribution in [-0.4, -0.2) is 10.8 Å². The minimum Gasteiger partial charge on any atom is -0.320 e. The van der Waals surface area contributed by atoms with Crippen LogP contribution in [0.2, 0.25) is 0 Å². The van der Waals surface area contributed by atoms with Gasteiger partial charge in [-0.3, -0.25) is 14.9 Å². The van der Waals surface area contributed by atoms with Crippen molar-refractivity contribution in [1.82, 2.24) is 0 Å². The molecule has 0 fully saturated rings. The Hall–Kier alpha value is -1.43. The van der Waals surface area contributed by atoms with E-state index in [1.54, 1.807) is 13.0 Å². The second-order valence-electron chi connectivity index (χ2n) is 3.81. The number of benzene rings is 1. The van der Waals surface area contributed by atoms with E-state index in [4.69, 9.17) is 0 Å². The Bertz CT molecular complexity index is 487. The van der Waals surface area contributed by atoms with Crippen molar-refractivity contribution in [3.05, 3.63) is 32.3 Å². The molecule has 5 nitrogen and oxygen atoms in total. The summed E-state index contributed by atoms with van der Waals surface area (Å²) in [6.45, 7) is 1.80. The highest BCUT2D eigenvalue weighted by Crippen LogP contribution is 2.36. The number of carbonyl (C=O) groups excluding carboxylic acids is 1. The molecule has 1 atom stereocenters. The van der Waals surface area contributed by atoms with Crippen LogP contribution in [0, 0.1) is 16.0 Å². The predicted octanol–water partition coefficient (Wildman–Crippen LogP) is 2.49. The van der Waals surface area contributed by atoms with Crippen molar-refractivity contribution in [2.75, 3.05) is 5.32 Å². The number of nitrogens with zero attached hydrogens (tertiary/aromatic N) is 1. The summed E-state index contributed by atoms with van der Waals surface area (Å²) in [5.41, 5.74) is 1.06. The summed E-state index contributed by atoms with van der Waals surface area (Å²) < 4.78 is 0.654. The smallest absolute Gasteiger partial charge is 0.294 e. The zero-order valence-corrected chi connectivity index (χ0v) is 10.1. The number of nitro groups is 1. The fourth-order valence-electron chi connectivity index (χ4n) is 1.77. The molecule has 1 amide bonds. The molecule has 0 saturated heterocycles. The first kappa shape index (κ1) is 11.1. The van der Waals surface area contributed by atoms with Gasteiger partial charge in [0.05, 0.1) is 4.92 Å². The Morgan fingerprint density at radius 2 is 2.25 bits per heavy atom. The van der Waals surface area contributed by atoms with Crippen LogP contribution in [0.15, 0.2) is 16.6 Å². The van der Waals surface area contributed by atoms with Gasteiger partial charge in [0.1, 0.15) is 5.69 Å². The minimum absolute atomic E-state index is 0.0652. The van der Waals surface area contributed by atoms with Gasteiger partial charge in [0.2, 0.25) is 5.91 Å². The minimum atomic E-state index is -0.486. The summed E-state index contributed by atoms with van der Waals surface area (Å²) in [4.78, 5) is 21.8. The van der Waals surface area contributed by atoms with Crippen LogP contribution in [0.25, 0.3) is 0 Å². The van der Waals surface area contributed by atoms with Gasteiger partial charge < -0.3 is 5.32 Å². The molecule has 16 heavy (non-hydrogen) atoms. The number of amides is 1. The lowest BCUT2D eigenvalue weighted by Gasteiger charge is -2.21. The van der Waals surface area contributed by atoms with Gasteiger partial charge in [0.15, 0.2) is 0 Å². The molecule has 0 bridgehead atoms. The van der Waals surface area contributed by atoms with Crippen LogP contribution < -0.4 is 5.32 Å². The topological polar surface area (TPSA) is 72.2 Å². The highest BCUT2D eigenvalue weighted by molar-refractivity contribution is 9.10. The third-order valence-corrected chi connectivity index (χ3v) is 3.04. The first-order valence-electron chi connectivity index (χ1n) is 4.76. The molecule has 1 heterocycles. The van der Waals surface area contributed by atoms with Crippen LogP contribution in [0.1, 0.15) is 12.5 Å². The lowest BCUT2D eigenvalue weighted by Crippen LogP contribution is -2.28. The van der Waals surface area contributed by atoms with E-state index >= 15 is 0 Å². The van der Waals surface area contributed by atoms with E-state index < -0.39 is 4.92 Å². The maximum Gasteiger partial charge on any atom is 0.294 e. The maximum atomic E-state index is 11.5. The number of hydrogen-bond donors (Lipinski definition) is 1. The number of nitrogens with one attached hydrogen (secondary N) is 1. The molecule has 2 rings (SSSR count). The van der Waals surface area contributed by atoms with E-state index in [1.165, 1.54) is 6.07 Å². The van der Waals surface area contributed by atoms with Crippen LogP contribution in [0.5, 0.6) is 0 Å². The molecule has 1 aliphatic rings. The van der Waals surface area contributed by atoms with Crippen LogP contribution in [-0.2, 0) is 11.2 Å². The van der Waals surface area contributed by atoms with Crippen LogP contribution in [0.4, 0.5) is 11.4 Å². The number of halogens is 1. The third-order valence-electron chi connectivity index (χ3n) is 2.58. The number of hydrogen-bond acceptors (Lipinski definition) is 3. The van der Waals surface area contributed by atoms with Gasteiger partial charge in [-0.2, -0.15) is 0 Å². The molecular formula is C10H9BrN2O3. The van der Waals surface area contributed by atoms with E-state index in [2.05, 4.69) is 21.2 Å². The quantitative estimate of drug-likeness (QED) is 0.636. The second-order valence-corrected chi connectivity index (χ2v) is 4.73. The second kappa shape index (κ2) is 3.86. The van der Waals surface area contributed by atoms with E-state index in [-0.39, 0.29) is 17.5 Å². The Kier molecular flexibility index (Phi) is 2.67.